The molecule has 1 N–H and O–H groups in total. The summed E-state index contributed by atoms with van der Waals surface area (Å²) >= 11 is 0. The molecule has 0 aliphatic carbocycles. The molecule has 7 heteroatoms. The second-order valence-corrected chi connectivity index (χ2v) is 9.69. The van der Waals surface area contributed by atoms with Gasteiger partial charge in [-0.25, -0.2) is 12.7 Å². The molecule has 0 aliphatic rings. The highest BCUT2D eigenvalue weighted by atomic mass is 32.2. The zero-order chi connectivity index (χ0) is 23.1. The minimum absolute atomic E-state index is 0.0379. The molecular formula is C25H28N2O4S. The number of ether oxygens (including phenoxy) is 1. The molecule has 0 radical (unpaired) electrons. The number of methoxy groups -OCH3 is 1. The maximum Gasteiger partial charge on any atom is 0.251 e. The summed E-state index contributed by atoms with van der Waals surface area (Å²) in [4.78, 5) is 12.7. The van der Waals surface area contributed by atoms with E-state index < -0.39 is 10.0 Å². The van der Waals surface area contributed by atoms with Gasteiger partial charge in [0.05, 0.1) is 7.11 Å². The van der Waals surface area contributed by atoms with Crippen molar-refractivity contribution >= 4 is 15.9 Å². The van der Waals surface area contributed by atoms with Crippen LogP contribution in [0.25, 0.3) is 0 Å². The van der Waals surface area contributed by atoms with E-state index in [1.165, 1.54) is 44.5 Å². The fraction of sp³-hybridized carbons (Fsp3) is 0.240. The second-order valence-electron chi connectivity index (χ2n) is 7.57. The number of nitrogens with zero attached hydrogens (tertiary/aromatic N) is 1. The van der Waals surface area contributed by atoms with Gasteiger partial charge in [-0.1, -0.05) is 60.7 Å². The maximum absolute atomic E-state index is 12.8. The van der Waals surface area contributed by atoms with Gasteiger partial charge in [0.25, 0.3) is 5.91 Å². The van der Waals surface area contributed by atoms with Gasteiger partial charge in [-0.15, -0.1) is 0 Å². The molecule has 6 nitrogen and oxygen atoms in total. The number of rotatable bonds is 9. The standard InChI is InChI=1S/C25H28N2O4S/c1-27(2)32(29,30)24-18-21(14-15-23(24)31-3)25(28)26-17-16-22(19-10-6-4-7-11-19)20-12-8-5-9-13-20/h4-15,18,22H,16-17H2,1-3H3,(H,26,28). The molecule has 168 valence electrons. The predicted octanol–water partition coefficient (Wildman–Crippen LogP) is 3.90. The zero-order valence-corrected chi connectivity index (χ0v) is 19.3. The Morgan fingerprint density at radius 1 is 0.938 bits per heavy atom. The number of benzene rings is 3. The van der Waals surface area contributed by atoms with E-state index in [2.05, 4.69) is 29.6 Å². The fourth-order valence-electron chi connectivity index (χ4n) is 3.54. The number of carbonyl (C=O) groups excluding carboxylic acids is 1. The molecule has 3 aromatic rings. The highest BCUT2D eigenvalue weighted by Crippen LogP contribution is 2.28. The lowest BCUT2D eigenvalue weighted by Gasteiger charge is -2.19. The van der Waals surface area contributed by atoms with Crippen molar-refractivity contribution in [2.75, 3.05) is 27.7 Å². The summed E-state index contributed by atoms with van der Waals surface area (Å²) in [6.45, 7) is 0.440. The van der Waals surface area contributed by atoms with E-state index in [4.69, 9.17) is 4.74 Å². The Labute approximate surface area is 189 Å². The molecule has 3 aromatic carbocycles. The summed E-state index contributed by atoms with van der Waals surface area (Å²) in [5.74, 6) is 0.00412. The van der Waals surface area contributed by atoms with Crippen molar-refractivity contribution in [3.05, 3.63) is 95.6 Å². The quantitative estimate of drug-likeness (QED) is 0.534. The van der Waals surface area contributed by atoms with Gasteiger partial charge in [-0.2, -0.15) is 0 Å². The van der Waals surface area contributed by atoms with E-state index in [-0.39, 0.29) is 28.0 Å². The zero-order valence-electron chi connectivity index (χ0n) is 18.5. The van der Waals surface area contributed by atoms with Crippen LogP contribution >= 0.6 is 0 Å². The largest absolute Gasteiger partial charge is 0.495 e. The summed E-state index contributed by atoms with van der Waals surface area (Å²) in [5, 5.41) is 2.93. The molecule has 0 saturated carbocycles. The summed E-state index contributed by atoms with van der Waals surface area (Å²) in [6, 6.07) is 24.8. The van der Waals surface area contributed by atoms with Crippen LogP contribution < -0.4 is 10.1 Å². The van der Waals surface area contributed by atoms with E-state index in [0.717, 1.165) is 4.31 Å². The lowest BCUT2D eigenvalue weighted by Crippen LogP contribution is -2.27. The minimum Gasteiger partial charge on any atom is -0.495 e. The topological polar surface area (TPSA) is 75.7 Å². The SMILES string of the molecule is COc1ccc(C(=O)NCCC(c2ccccc2)c2ccccc2)cc1S(=O)(=O)N(C)C. The molecule has 0 aliphatic heterocycles. The van der Waals surface area contributed by atoms with Gasteiger partial charge < -0.3 is 10.1 Å². The average Bonchev–Trinajstić information content (AvgIpc) is 2.82. The third-order valence-corrected chi connectivity index (χ3v) is 7.14. The first-order chi connectivity index (χ1) is 15.3. The summed E-state index contributed by atoms with van der Waals surface area (Å²) in [7, 11) is 0.525. The lowest BCUT2D eigenvalue weighted by molar-refractivity contribution is 0.0952. The number of hydrogen-bond donors (Lipinski definition) is 1. The highest BCUT2D eigenvalue weighted by molar-refractivity contribution is 7.89. The Morgan fingerprint density at radius 2 is 1.50 bits per heavy atom. The van der Waals surface area contributed by atoms with Gasteiger partial charge in [-0.05, 0) is 35.7 Å². The Hall–Kier alpha value is -3.16. The summed E-state index contributed by atoms with van der Waals surface area (Å²) < 4.78 is 31.5. The van der Waals surface area contributed by atoms with Gasteiger partial charge in [0.15, 0.2) is 0 Å². The van der Waals surface area contributed by atoms with Crippen molar-refractivity contribution in [3.8, 4) is 5.75 Å². The number of sulfonamides is 1. The number of carbonyl (C=O) groups is 1. The predicted molar refractivity (Wildman–Crippen MR) is 126 cm³/mol. The first-order valence-corrected chi connectivity index (χ1v) is 11.8. The molecule has 0 heterocycles. The average molecular weight is 453 g/mol. The molecule has 32 heavy (non-hydrogen) atoms. The summed E-state index contributed by atoms with van der Waals surface area (Å²) in [5.41, 5.74) is 2.62. The van der Waals surface area contributed by atoms with E-state index in [0.29, 0.717) is 13.0 Å². The Bertz CT molecular complexity index is 1110. The number of hydrogen-bond acceptors (Lipinski definition) is 4. The number of amides is 1. The smallest absolute Gasteiger partial charge is 0.251 e. The van der Waals surface area contributed by atoms with Crippen LogP contribution in [0, 0.1) is 0 Å². The van der Waals surface area contributed by atoms with Crippen LogP contribution in [0.5, 0.6) is 5.75 Å². The van der Waals surface area contributed by atoms with Gasteiger partial charge in [-0.3, -0.25) is 4.79 Å². The normalized spacial score (nSPS) is 11.5. The molecule has 0 saturated heterocycles. The molecule has 0 aromatic heterocycles. The minimum atomic E-state index is -3.75. The molecule has 3 rings (SSSR count). The molecular weight excluding hydrogens is 424 g/mol. The van der Waals surface area contributed by atoms with Crippen LogP contribution in [0.2, 0.25) is 0 Å². The molecule has 0 unspecified atom stereocenters. The van der Waals surface area contributed by atoms with Crippen LogP contribution in [0.1, 0.15) is 33.8 Å². The summed E-state index contributed by atoms with van der Waals surface area (Å²) in [6.07, 6.45) is 0.707. The Balaban J connectivity index is 1.76. The van der Waals surface area contributed by atoms with Crippen LogP contribution in [-0.4, -0.2) is 46.4 Å². The van der Waals surface area contributed by atoms with Gasteiger partial charge in [0.1, 0.15) is 10.6 Å². The molecule has 1 amide bonds. The van der Waals surface area contributed by atoms with Crippen molar-refractivity contribution < 1.29 is 17.9 Å². The Kier molecular flexibility index (Phi) is 7.66. The second kappa shape index (κ2) is 10.4. The highest BCUT2D eigenvalue weighted by Gasteiger charge is 2.24. The van der Waals surface area contributed by atoms with E-state index in [1.54, 1.807) is 6.07 Å². The molecule has 0 atom stereocenters. The van der Waals surface area contributed by atoms with Crippen molar-refractivity contribution in [1.82, 2.24) is 9.62 Å². The Morgan fingerprint density at radius 3 is 2.00 bits per heavy atom. The first-order valence-electron chi connectivity index (χ1n) is 10.3. The lowest BCUT2D eigenvalue weighted by atomic mass is 9.88. The maximum atomic E-state index is 12.8. The first kappa shape index (κ1) is 23.5. The van der Waals surface area contributed by atoms with Crippen molar-refractivity contribution in [2.45, 2.75) is 17.2 Å². The molecule has 0 fully saturated rings. The third kappa shape index (κ3) is 5.36. The van der Waals surface area contributed by atoms with E-state index >= 15 is 0 Å². The van der Waals surface area contributed by atoms with Crippen molar-refractivity contribution in [3.63, 3.8) is 0 Å². The van der Waals surface area contributed by atoms with Gasteiger partial charge in [0.2, 0.25) is 10.0 Å². The van der Waals surface area contributed by atoms with Crippen LogP contribution in [-0.2, 0) is 10.0 Å². The monoisotopic (exact) mass is 452 g/mol. The van der Waals surface area contributed by atoms with Crippen molar-refractivity contribution in [1.29, 1.82) is 0 Å². The molecule has 0 bridgehead atoms. The van der Waals surface area contributed by atoms with E-state index in [1.807, 2.05) is 36.4 Å². The number of nitrogens with one attached hydrogen (secondary N) is 1. The van der Waals surface area contributed by atoms with Crippen LogP contribution in [0.15, 0.2) is 83.8 Å². The molecule has 0 spiro atoms. The van der Waals surface area contributed by atoms with E-state index in [9.17, 15) is 13.2 Å². The van der Waals surface area contributed by atoms with Crippen LogP contribution in [0.3, 0.4) is 0 Å². The fourth-order valence-corrected chi connectivity index (χ4v) is 4.62. The van der Waals surface area contributed by atoms with Gasteiger partial charge >= 0.3 is 0 Å². The third-order valence-electron chi connectivity index (χ3n) is 5.31. The van der Waals surface area contributed by atoms with Gasteiger partial charge in [0, 0.05) is 32.1 Å². The van der Waals surface area contributed by atoms with Crippen LogP contribution in [0.4, 0.5) is 0 Å². The van der Waals surface area contributed by atoms with Crippen molar-refractivity contribution in [2.24, 2.45) is 0 Å².